The average Bonchev–Trinajstić information content (AvgIpc) is 2.38. The van der Waals surface area contributed by atoms with Gasteiger partial charge in [-0.2, -0.15) is 5.10 Å². The van der Waals surface area contributed by atoms with Gasteiger partial charge in [0.1, 0.15) is 6.04 Å². The van der Waals surface area contributed by atoms with Crippen molar-refractivity contribution in [1.29, 1.82) is 0 Å². The zero-order chi connectivity index (χ0) is 13.7. The average molecular weight is 251 g/mol. The molecule has 0 aliphatic heterocycles. The third-order valence-corrected chi connectivity index (χ3v) is 2.77. The van der Waals surface area contributed by atoms with E-state index >= 15 is 0 Å². The molecule has 0 aliphatic rings. The summed E-state index contributed by atoms with van der Waals surface area (Å²) in [6.07, 6.45) is 2.00. The van der Waals surface area contributed by atoms with Gasteiger partial charge in [0.25, 0.3) is 5.91 Å². The zero-order valence-corrected chi connectivity index (χ0v) is 11.0. The lowest BCUT2D eigenvalue weighted by atomic mass is 10.1. The fourth-order valence-corrected chi connectivity index (χ4v) is 1.65. The van der Waals surface area contributed by atoms with Gasteiger partial charge in [0.2, 0.25) is 0 Å². The molecular formula is C12H17N3O3. The number of ether oxygens (including phenoxy) is 1. The van der Waals surface area contributed by atoms with Crippen molar-refractivity contribution < 1.29 is 14.3 Å². The highest BCUT2D eigenvalue weighted by molar-refractivity contribution is 5.95. The number of nitrogens with zero attached hydrogens (tertiary/aromatic N) is 3. The van der Waals surface area contributed by atoms with Crippen LogP contribution in [0.1, 0.15) is 29.4 Å². The molecule has 1 heterocycles. The molecule has 0 unspecified atom stereocenters. The summed E-state index contributed by atoms with van der Waals surface area (Å²) in [5.41, 5.74) is 0.976. The Morgan fingerprint density at radius 1 is 1.50 bits per heavy atom. The lowest BCUT2D eigenvalue weighted by Gasteiger charge is -2.24. The molecular weight excluding hydrogens is 234 g/mol. The third kappa shape index (κ3) is 2.82. The van der Waals surface area contributed by atoms with Gasteiger partial charge in [0, 0.05) is 13.2 Å². The number of esters is 1. The Bertz CT molecular complexity index is 448. The van der Waals surface area contributed by atoms with E-state index < -0.39 is 12.0 Å². The van der Waals surface area contributed by atoms with Gasteiger partial charge in [0.15, 0.2) is 5.69 Å². The first kappa shape index (κ1) is 14.1. The van der Waals surface area contributed by atoms with Crippen LogP contribution in [-0.4, -0.2) is 47.2 Å². The van der Waals surface area contributed by atoms with E-state index in [4.69, 9.17) is 0 Å². The Morgan fingerprint density at radius 3 is 2.67 bits per heavy atom. The second-order valence-electron chi connectivity index (χ2n) is 3.93. The fraction of sp³-hybridized carbons (Fsp3) is 0.500. The molecule has 1 atom stereocenters. The van der Waals surface area contributed by atoms with Crippen LogP contribution < -0.4 is 0 Å². The van der Waals surface area contributed by atoms with Crippen molar-refractivity contribution in [3.8, 4) is 0 Å². The third-order valence-electron chi connectivity index (χ3n) is 2.77. The number of amides is 1. The van der Waals surface area contributed by atoms with Gasteiger partial charge < -0.3 is 9.64 Å². The van der Waals surface area contributed by atoms with Gasteiger partial charge in [-0.15, -0.1) is 5.10 Å². The number of carbonyl (C=O) groups excluding carboxylic acids is 2. The number of likely N-dealkylation sites (N-methyl/N-ethyl adjacent to an activating group) is 1. The molecule has 18 heavy (non-hydrogen) atoms. The molecule has 1 aromatic heterocycles. The minimum Gasteiger partial charge on any atom is -0.467 e. The minimum absolute atomic E-state index is 0.252. The molecule has 0 bridgehead atoms. The van der Waals surface area contributed by atoms with E-state index in [2.05, 4.69) is 14.9 Å². The van der Waals surface area contributed by atoms with E-state index in [0.29, 0.717) is 6.42 Å². The molecule has 0 spiro atoms. The molecule has 0 radical (unpaired) electrons. The van der Waals surface area contributed by atoms with Crippen LogP contribution in [0.4, 0.5) is 0 Å². The predicted octanol–water partition coefficient (Wildman–Crippen LogP) is 0.809. The number of aryl methyl sites for hydroxylation is 1. The molecule has 0 saturated heterocycles. The van der Waals surface area contributed by atoms with E-state index in [1.54, 1.807) is 20.0 Å². The van der Waals surface area contributed by atoms with E-state index in [-0.39, 0.29) is 11.6 Å². The van der Waals surface area contributed by atoms with Crippen molar-refractivity contribution in [3.63, 3.8) is 0 Å². The summed E-state index contributed by atoms with van der Waals surface area (Å²) in [7, 11) is 2.86. The second kappa shape index (κ2) is 6.09. The number of rotatable bonds is 4. The molecule has 0 aliphatic carbocycles. The molecule has 6 heteroatoms. The molecule has 0 N–H and O–H groups in total. The molecule has 1 rings (SSSR count). The maximum absolute atomic E-state index is 12.2. The summed E-state index contributed by atoms with van der Waals surface area (Å²) in [6.45, 7) is 3.59. The first-order chi connectivity index (χ1) is 8.52. The second-order valence-corrected chi connectivity index (χ2v) is 3.93. The topological polar surface area (TPSA) is 72.4 Å². The van der Waals surface area contributed by atoms with Crippen molar-refractivity contribution in [2.24, 2.45) is 0 Å². The summed E-state index contributed by atoms with van der Waals surface area (Å²) >= 11 is 0. The molecule has 0 fully saturated rings. The molecule has 98 valence electrons. The van der Waals surface area contributed by atoms with Gasteiger partial charge in [-0.05, 0) is 25.0 Å². The van der Waals surface area contributed by atoms with Crippen LogP contribution in [0.15, 0.2) is 12.3 Å². The summed E-state index contributed by atoms with van der Waals surface area (Å²) in [6, 6.07) is 1.09. The maximum Gasteiger partial charge on any atom is 0.328 e. The largest absolute Gasteiger partial charge is 0.467 e. The molecule has 0 saturated carbocycles. The van der Waals surface area contributed by atoms with Crippen LogP contribution in [0.3, 0.4) is 0 Å². The molecule has 0 aromatic carbocycles. The number of methoxy groups -OCH3 is 1. The quantitative estimate of drug-likeness (QED) is 0.740. The van der Waals surface area contributed by atoms with Gasteiger partial charge >= 0.3 is 5.97 Å². The van der Waals surface area contributed by atoms with Crippen LogP contribution in [0.25, 0.3) is 0 Å². The number of hydrogen-bond acceptors (Lipinski definition) is 5. The predicted molar refractivity (Wildman–Crippen MR) is 65.0 cm³/mol. The number of aromatic nitrogens is 2. The highest BCUT2D eigenvalue weighted by atomic mass is 16.5. The van der Waals surface area contributed by atoms with Crippen molar-refractivity contribution in [3.05, 3.63) is 23.5 Å². The lowest BCUT2D eigenvalue weighted by molar-refractivity contribution is -0.145. The molecule has 6 nitrogen and oxygen atoms in total. The van der Waals surface area contributed by atoms with Crippen molar-refractivity contribution in [2.75, 3.05) is 14.2 Å². The Balaban J connectivity index is 2.96. The highest BCUT2D eigenvalue weighted by Crippen LogP contribution is 2.11. The minimum atomic E-state index is -0.607. The first-order valence-corrected chi connectivity index (χ1v) is 5.66. The smallest absolute Gasteiger partial charge is 0.328 e. The monoisotopic (exact) mass is 251 g/mol. The first-order valence-electron chi connectivity index (χ1n) is 5.66. The summed E-state index contributed by atoms with van der Waals surface area (Å²) in [5, 5.41) is 7.49. The molecule has 1 aromatic rings. The van der Waals surface area contributed by atoms with Crippen molar-refractivity contribution in [2.45, 2.75) is 26.3 Å². The van der Waals surface area contributed by atoms with E-state index in [1.165, 1.54) is 18.2 Å². The summed E-state index contributed by atoms with van der Waals surface area (Å²) < 4.78 is 4.67. The Labute approximate surface area is 106 Å². The number of hydrogen-bond donors (Lipinski definition) is 0. The normalized spacial score (nSPS) is 11.8. The van der Waals surface area contributed by atoms with Gasteiger partial charge in [-0.1, -0.05) is 6.92 Å². The standard InChI is InChI=1S/C12H17N3O3/c1-5-9(12(17)18-4)15(3)11(16)10-8(2)6-7-13-14-10/h6-7,9H,5H2,1-4H3/t9-/m0/s1. The van der Waals surface area contributed by atoms with Crippen LogP contribution in [-0.2, 0) is 9.53 Å². The fourth-order valence-electron chi connectivity index (χ4n) is 1.65. The van der Waals surface area contributed by atoms with E-state index in [1.807, 2.05) is 6.92 Å². The van der Waals surface area contributed by atoms with Crippen LogP contribution in [0.5, 0.6) is 0 Å². The Morgan fingerprint density at radius 2 is 2.17 bits per heavy atom. The lowest BCUT2D eigenvalue weighted by Crippen LogP contribution is -2.43. The van der Waals surface area contributed by atoms with Gasteiger partial charge in [-0.25, -0.2) is 4.79 Å². The highest BCUT2D eigenvalue weighted by Gasteiger charge is 2.28. The zero-order valence-electron chi connectivity index (χ0n) is 11.0. The maximum atomic E-state index is 12.2. The number of carbonyl (C=O) groups is 2. The SMILES string of the molecule is CC[C@@H](C(=O)OC)N(C)C(=O)c1nnccc1C. The summed E-state index contributed by atoms with van der Waals surface area (Å²) in [4.78, 5) is 25.1. The Hall–Kier alpha value is -1.98. The van der Waals surface area contributed by atoms with Gasteiger partial charge in [-0.3, -0.25) is 4.79 Å². The van der Waals surface area contributed by atoms with Crippen molar-refractivity contribution >= 4 is 11.9 Å². The van der Waals surface area contributed by atoms with E-state index in [9.17, 15) is 9.59 Å². The molecule has 1 amide bonds. The van der Waals surface area contributed by atoms with Crippen LogP contribution in [0.2, 0.25) is 0 Å². The Kier molecular flexibility index (Phi) is 4.76. The van der Waals surface area contributed by atoms with Crippen LogP contribution in [0, 0.1) is 6.92 Å². The summed E-state index contributed by atoms with van der Waals surface area (Å²) in [5.74, 6) is -0.771. The van der Waals surface area contributed by atoms with Crippen molar-refractivity contribution in [1.82, 2.24) is 15.1 Å². The van der Waals surface area contributed by atoms with Crippen LogP contribution >= 0.6 is 0 Å². The van der Waals surface area contributed by atoms with Gasteiger partial charge in [0.05, 0.1) is 7.11 Å². The van der Waals surface area contributed by atoms with E-state index in [0.717, 1.165) is 5.56 Å².